The summed E-state index contributed by atoms with van der Waals surface area (Å²) in [5, 5.41) is 9.19. The number of hydrogen-bond donors (Lipinski definition) is 1. The van der Waals surface area contributed by atoms with Crippen LogP contribution in [0.5, 0.6) is 0 Å². The Bertz CT molecular complexity index is 577. The minimum Gasteiger partial charge on any atom is -0.481 e. The third-order valence-corrected chi connectivity index (χ3v) is 3.85. The van der Waals surface area contributed by atoms with Gasteiger partial charge in [0.05, 0.1) is 5.92 Å². The molecule has 1 aliphatic carbocycles. The second kappa shape index (κ2) is 6.56. The number of amides is 1. The molecule has 0 radical (unpaired) electrons. The van der Waals surface area contributed by atoms with Gasteiger partial charge < -0.3 is 9.84 Å². The van der Waals surface area contributed by atoms with E-state index < -0.39 is 23.6 Å². The highest BCUT2D eigenvalue weighted by atomic mass is 16.6. The summed E-state index contributed by atoms with van der Waals surface area (Å²) in [7, 11) is 0. The SMILES string of the molecule is Cc1ccc(N(C(=O)OC(C)(C)C)[C@H]2CC[C@@H](C(=O)O)C2)nc1. The number of pyridine rings is 1. The van der Waals surface area contributed by atoms with E-state index in [1.807, 2.05) is 13.0 Å². The van der Waals surface area contributed by atoms with Gasteiger partial charge in [-0.1, -0.05) is 6.07 Å². The molecule has 1 aliphatic rings. The van der Waals surface area contributed by atoms with Crippen molar-refractivity contribution in [2.24, 2.45) is 5.92 Å². The molecule has 23 heavy (non-hydrogen) atoms. The minimum atomic E-state index is -0.812. The lowest BCUT2D eigenvalue weighted by molar-refractivity contribution is -0.141. The molecule has 0 saturated heterocycles. The Kier molecular flexibility index (Phi) is 4.92. The molecule has 2 atom stereocenters. The van der Waals surface area contributed by atoms with Gasteiger partial charge >= 0.3 is 12.1 Å². The number of nitrogens with zero attached hydrogens (tertiary/aromatic N) is 2. The summed E-state index contributed by atoms with van der Waals surface area (Å²) in [4.78, 5) is 29.7. The van der Waals surface area contributed by atoms with E-state index in [-0.39, 0.29) is 6.04 Å². The molecule has 0 aliphatic heterocycles. The highest BCUT2D eigenvalue weighted by molar-refractivity contribution is 5.87. The fraction of sp³-hybridized carbons (Fsp3) is 0.588. The van der Waals surface area contributed by atoms with Crippen LogP contribution in [0.2, 0.25) is 0 Å². The van der Waals surface area contributed by atoms with E-state index in [1.165, 1.54) is 4.90 Å². The number of aliphatic carboxylic acids is 1. The van der Waals surface area contributed by atoms with Crippen molar-refractivity contribution < 1.29 is 19.4 Å². The Hall–Kier alpha value is -2.11. The van der Waals surface area contributed by atoms with Gasteiger partial charge in [0.15, 0.2) is 0 Å². The van der Waals surface area contributed by atoms with Crippen LogP contribution in [0.3, 0.4) is 0 Å². The third kappa shape index (κ3) is 4.43. The maximum Gasteiger partial charge on any atom is 0.416 e. The van der Waals surface area contributed by atoms with Gasteiger partial charge in [0.2, 0.25) is 0 Å². The zero-order valence-corrected chi connectivity index (χ0v) is 14.1. The van der Waals surface area contributed by atoms with Crippen LogP contribution in [0.15, 0.2) is 18.3 Å². The second-order valence-corrected chi connectivity index (χ2v) is 7.05. The lowest BCUT2D eigenvalue weighted by Gasteiger charge is -2.31. The summed E-state index contributed by atoms with van der Waals surface area (Å²) in [5.74, 6) is -0.732. The summed E-state index contributed by atoms with van der Waals surface area (Å²) >= 11 is 0. The Labute approximate surface area is 136 Å². The van der Waals surface area contributed by atoms with Gasteiger partial charge in [-0.25, -0.2) is 9.78 Å². The van der Waals surface area contributed by atoms with E-state index in [9.17, 15) is 14.7 Å². The number of carbonyl (C=O) groups excluding carboxylic acids is 1. The van der Waals surface area contributed by atoms with Crippen molar-refractivity contribution in [2.45, 2.75) is 58.6 Å². The highest BCUT2D eigenvalue weighted by Gasteiger charge is 2.38. The van der Waals surface area contributed by atoms with Crippen LogP contribution in [0.1, 0.15) is 45.6 Å². The number of hydrogen-bond acceptors (Lipinski definition) is 4. The van der Waals surface area contributed by atoms with Crippen LogP contribution < -0.4 is 4.90 Å². The number of carboxylic acids is 1. The lowest BCUT2D eigenvalue weighted by Crippen LogP contribution is -2.43. The van der Waals surface area contributed by atoms with Crippen LogP contribution in [0.25, 0.3) is 0 Å². The molecule has 6 heteroatoms. The number of carbonyl (C=O) groups is 2. The second-order valence-electron chi connectivity index (χ2n) is 7.05. The van der Waals surface area contributed by atoms with E-state index >= 15 is 0 Å². The maximum absolute atomic E-state index is 12.6. The van der Waals surface area contributed by atoms with Crippen molar-refractivity contribution in [1.29, 1.82) is 0 Å². The van der Waals surface area contributed by atoms with Crippen molar-refractivity contribution in [1.82, 2.24) is 4.98 Å². The van der Waals surface area contributed by atoms with E-state index in [0.717, 1.165) is 5.56 Å². The van der Waals surface area contributed by atoms with Gasteiger partial charge in [-0.2, -0.15) is 0 Å². The summed E-state index contributed by atoms with van der Waals surface area (Å²) in [6.07, 6.45) is 2.82. The third-order valence-electron chi connectivity index (χ3n) is 3.85. The highest BCUT2D eigenvalue weighted by Crippen LogP contribution is 2.33. The molecule has 1 heterocycles. The molecule has 0 bridgehead atoms. The molecule has 1 fully saturated rings. The first-order valence-corrected chi connectivity index (χ1v) is 7.85. The van der Waals surface area contributed by atoms with Crippen LogP contribution in [0.4, 0.5) is 10.6 Å². The molecular formula is C17H24N2O4. The molecule has 6 nitrogen and oxygen atoms in total. The van der Waals surface area contributed by atoms with Crippen molar-refractivity contribution >= 4 is 17.9 Å². The Morgan fingerprint density at radius 1 is 1.30 bits per heavy atom. The average Bonchev–Trinajstić information content (AvgIpc) is 2.89. The summed E-state index contributed by atoms with van der Waals surface area (Å²) in [6.45, 7) is 7.34. The minimum absolute atomic E-state index is 0.207. The van der Waals surface area contributed by atoms with Crippen LogP contribution in [-0.2, 0) is 9.53 Å². The molecule has 1 saturated carbocycles. The van der Waals surface area contributed by atoms with E-state index in [1.54, 1.807) is 33.0 Å². The van der Waals surface area contributed by atoms with Gasteiger partial charge in [-0.05, 0) is 58.6 Å². The summed E-state index contributed by atoms with van der Waals surface area (Å²) in [6, 6.07) is 3.44. The number of aromatic nitrogens is 1. The molecule has 0 spiro atoms. The van der Waals surface area contributed by atoms with Crippen LogP contribution >= 0.6 is 0 Å². The molecule has 1 aromatic heterocycles. The van der Waals surface area contributed by atoms with Crippen LogP contribution in [0, 0.1) is 12.8 Å². The summed E-state index contributed by atoms with van der Waals surface area (Å²) < 4.78 is 5.49. The van der Waals surface area contributed by atoms with Crippen LogP contribution in [-0.4, -0.2) is 33.8 Å². The Balaban J connectivity index is 2.26. The molecule has 2 rings (SSSR count). The smallest absolute Gasteiger partial charge is 0.416 e. The number of aryl methyl sites for hydroxylation is 1. The molecular weight excluding hydrogens is 296 g/mol. The lowest BCUT2D eigenvalue weighted by atomic mass is 10.1. The first-order chi connectivity index (χ1) is 10.7. The molecule has 1 amide bonds. The predicted molar refractivity (Wildman–Crippen MR) is 86.5 cm³/mol. The van der Waals surface area contributed by atoms with E-state index in [4.69, 9.17) is 4.74 Å². The molecule has 1 N–H and O–H groups in total. The summed E-state index contributed by atoms with van der Waals surface area (Å²) in [5.41, 5.74) is 0.373. The van der Waals surface area contributed by atoms with Gasteiger partial charge in [0.25, 0.3) is 0 Å². The van der Waals surface area contributed by atoms with Crippen molar-refractivity contribution in [3.8, 4) is 0 Å². The largest absolute Gasteiger partial charge is 0.481 e. The topological polar surface area (TPSA) is 79.7 Å². The fourth-order valence-corrected chi connectivity index (χ4v) is 2.76. The Morgan fingerprint density at radius 3 is 2.48 bits per heavy atom. The average molecular weight is 320 g/mol. The van der Waals surface area contributed by atoms with Crippen molar-refractivity contribution in [3.63, 3.8) is 0 Å². The molecule has 126 valence electrons. The normalized spacial score (nSPS) is 21.0. The first-order valence-electron chi connectivity index (χ1n) is 7.85. The van der Waals surface area contributed by atoms with Gasteiger partial charge in [0.1, 0.15) is 11.4 Å². The standard InChI is InChI=1S/C17H24N2O4/c1-11-5-8-14(18-10-11)19(16(22)23-17(2,3)4)13-7-6-12(9-13)15(20)21/h5,8,10,12-13H,6-7,9H2,1-4H3,(H,20,21)/t12-,13+/m1/s1. The van der Waals surface area contributed by atoms with E-state index in [2.05, 4.69) is 4.98 Å². The van der Waals surface area contributed by atoms with Gasteiger partial charge in [0, 0.05) is 12.2 Å². The number of rotatable bonds is 3. The predicted octanol–water partition coefficient (Wildman–Crippen LogP) is 3.38. The Morgan fingerprint density at radius 2 is 2.00 bits per heavy atom. The number of carboxylic acid groups (broad SMARTS) is 1. The molecule has 0 unspecified atom stereocenters. The van der Waals surface area contributed by atoms with Crippen molar-refractivity contribution in [3.05, 3.63) is 23.9 Å². The van der Waals surface area contributed by atoms with Gasteiger partial charge in [-0.3, -0.25) is 9.69 Å². The zero-order chi connectivity index (χ0) is 17.2. The number of anilines is 1. The first kappa shape index (κ1) is 17.2. The van der Waals surface area contributed by atoms with Gasteiger partial charge in [-0.15, -0.1) is 0 Å². The monoisotopic (exact) mass is 320 g/mol. The fourth-order valence-electron chi connectivity index (χ4n) is 2.76. The molecule has 1 aromatic rings. The quantitative estimate of drug-likeness (QED) is 0.923. The number of ether oxygens (including phenoxy) is 1. The molecule has 0 aromatic carbocycles. The maximum atomic E-state index is 12.6. The van der Waals surface area contributed by atoms with E-state index in [0.29, 0.717) is 25.1 Å². The van der Waals surface area contributed by atoms with Crippen molar-refractivity contribution in [2.75, 3.05) is 4.90 Å². The zero-order valence-electron chi connectivity index (χ0n) is 14.1.